The first-order chi connectivity index (χ1) is 18.6. The third-order valence-electron chi connectivity index (χ3n) is 5.45. The fraction of sp³-hybridized carbons (Fsp3) is 0.357. The van der Waals surface area contributed by atoms with Gasteiger partial charge in [0.25, 0.3) is 0 Å². The van der Waals surface area contributed by atoms with Gasteiger partial charge in [-0.2, -0.15) is 0 Å². The van der Waals surface area contributed by atoms with Gasteiger partial charge in [0, 0.05) is 22.8 Å². The Morgan fingerprint density at radius 3 is 2.38 bits per heavy atom. The predicted octanol–water partition coefficient (Wildman–Crippen LogP) is 5.01. The fourth-order valence-electron chi connectivity index (χ4n) is 3.98. The highest BCUT2D eigenvalue weighted by atomic mass is 32.2. The Labute approximate surface area is 227 Å². The number of ether oxygens (including phenoxy) is 1. The van der Waals surface area contributed by atoms with Crippen LogP contribution < -0.4 is 11.5 Å². The maximum absolute atomic E-state index is 14.9. The molecule has 0 aliphatic heterocycles. The molecule has 0 aliphatic carbocycles. The summed E-state index contributed by atoms with van der Waals surface area (Å²) in [5, 5.41) is 0.608. The number of sulfone groups is 1. The first-order valence-electron chi connectivity index (χ1n) is 12.8. The predicted molar refractivity (Wildman–Crippen MR) is 151 cm³/mol. The lowest BCUT2D eigenvalue weighted by Crippen LogP contribution is -2.14. The smallest absolute Gasteiger partial charge is 0.419 e. The molecule has 0 spiro atoms. The maximum Gasteiger partial charge on any atom is 0.419 e. The van der Waals surface area contributed by atoms with Gasteiger partial charge in [0.05, 0.1) is 37.2 Å². The molecule has 39 heavy (non-hydrogen) atoms. The molecule has 0 bridgehead atoms. The van der Waals surface area contributed by atoms with E-state index in [1.807, 2.05) is 27.7 Å². The van der Waals surface area contributed by atoms with Crippen LogP contribution in [0, 0.1) is 5.82 Å². The molecule has 4 rings (SSSR count). The van der Waals surface area contributed by atoms with Gasteiger partial charge in [0.15, 0.2) is 9.84 Å². The molecule has 4 aromatic rings. The summed E-state index contributed by atoms with van der Waals surface area (Å²) in [5.41, 5.74) is 7.73. The van der Waals surface area contributed by atoms with Crippen molar-refractivity contribution < 1.29 is 26.8 Å². The average Bonchev–Trinajstić information content (AvgIpc) is 3.48. The van der Waals surface area contributed by atoms with E-state index < -0.39 is 33.1 Å². The Morgan fingerprint density at radius 1 is 1.13 bits per heavy atom. The number of hydrogen-bond acceptors (Lipinski definition) is 7. The van der Waals surface area contributed by atoms with E-state index in [-0.39, 0.29) is 31.0 Å². The normalized spacial score (nSPS) is 10.9. The molecule has 2 aromatic carbocycles. The number of carbonyl (C=O) groups excluding carboxylic acids is 1. The van der Waals surface area contributed by atoms with E-state index in [0.717, 1.165) is 6.26 Å². The average molecular weight is 562 g/mol. The highest BCUT2D eigenvalue weighted by molar-refractivity contribution is 7.89. The molecule has 0 atom stereocenters. The zero-order chi connectivity index (χ0) is 29.3. The number of carbonyl (C=O) groups is 1. The monoisotopic (exact) mass is 561 g/mol. The number of nitrogens with two attached hydrogens (primary N) is 1. The molecule has 0 unspecified atom stereocenters. The Morgan fingerprint density at radius 2 is 1.82 bits per heavy atom. The van der Waals surface area contributed by atoms with Crippen molar-refractivity contribution in [3.05, 3.63) is 81.5 Å². The quantitative estimate of drug-likeness (QED) is 0.289. The van der Waals surface area contributed by atoms with E-state index in [4.69, 9.17) is 14.9 Å². The third-order valence-corrected chi connectivity index (χ3v) is 6.29. The second-order valence-electron chi connectivity index (χ2n) is 8.11. The van der Waals surface area contributed by atoms with Gasteiger partial charge in [0.1, 0.15) is 17.3 Å². The lowest BCUT2D eigenvalue weighted by Gasteiger charge is -2.08. The topological polar surface area (TPSA) is 137 Å². The number of fused-ring (bicyclic) bond motifs is 1. The van der Waals surface area contributed by atoms with Crippen molar-refractivity contribution in [2.24, 2.45) is 5.73 Å². The number of halogens is 1. The van der Waals surface area contributed by atoms with Crippen molar-refractivity contribution >= 4 is 26.7 Å². The van der Waals surface area contributed by atoms with Gasteiger partial charge in [-0.1, -0.05) is 58.0 Å². The van der Waals surface area contributed by atoms with Gasteiger partial charge in [-0.15, -0.1) is 0 Å². The largest absolute Gasteiger partial charge is 0.461 e. The standard InChI is InChI=1S/C24H24FN3O6S.2C2H6/c1-3-33-23(29)22-20(14-7-8-16(19(25)9-14)13-35(2,31)32)18-6-4-5-15(21(18)27-22)11-28-12-17(10-26)34-24(28)30;2*1-2/h4-9,12,27H,3,10-11,13,26H2,1-2H3;2*1-2H3. The van der Waals surface area contributed by atoms with E-state index in [1.54, 1.807) is 31.2 Å². The molecule has 0 radical (unpaired) electrons. The van der Waals surface area contributed by atoms with Gasteiger partial charge in [-0.3, -0.25) is 4.57 Å². The summed E-state index contributed by atoms with van der Waals surface area (Å²) in [6.07, 6.45) is 2.55. The molecular formula is C28H36FN3O6S. The van der Waals surface area contributed by atoms with Crippen LogP contribution in [0.5, 0.6) is 0 Å². The third kappa shape index (κ3) is 7.45. The molecule has 9 nitrogen and oxygen atoms in total. The molecule has 3 N–H and O–H groups in total. The van der Waals surface area contributed by atoms with Crippen LogP contribution in [-0.4, -0.2) is 36.8 Å². The van der Waals surface area contributed by atoms with Gasteiger partial charge >= 0.3 is 11.7 Å². The van der Waals surface area contributed by atoms with Crippen LogP contribution in [0.15, 0.2) is 51.8 Å². The molecular weight excluding hydrogens is 525 g/mol. The Hall–Kier alpha value is -3.70. The SMILES string of the molecule is CC.CC.CCOC(=O)c1[nH]c2c(Cn3cc(CN)oc3=O)cccc2c1-c1ccc(CS(C)(=O)=O)c(F)c1. The van der Waals surface area contributed by atoms with Crippen LogP contribution in [0.4, 0.5) is 4.39 Å². The number of hydrogen-bond donors (Lipinski definition) is 2. The maximum atomic E-state index is 14.9. The minimum atomic E-state index is -3.43. The number of nitrogens with one attached hydrogen (secondary N) is 1. The summed E-state index contributed by atoms with van der Waals surface area (Å²) < 4.78 is 49.7. The Bertz CT molecular complexity index is 1580. The van der Waals surface area contributed by atoms with Crippen LogP contribution in [0.1, 0.15) is 62.0 Å². The molecule has 2 heterocycles. The number of nitrogens with zero attached hydrogens (tertiary/aromatic N) is 1. The molecule has 0 saturated heterocycles. The first kappa shape index (κ1) is 31.5. The number of H-pyrrole nitrogens is 1. The lowest BCUT2D eigenvalue weighted by molar-refractivity contribution is 0.0521. The molecule has 11 heteroatoms. The number of aromatic nitrogens is 2. The molecule has 0 aliphatic rings. The fourth-order valence-corrected chi connectivity index (χ4v) is 4.78. The van der Waals surface area contributed by atoms with Crippen LogP contribution in [-0.2, 0) is 33.4 Å². The highest BCUT2D eigenvalue weighted by Crippen LogP contribution is 2.35. The molecule has 0 amide bonds. The van der Waals surface area contributed by atoms with E-state index >= 15 is 0 Å². The molecule has 2 aromatic heterocycles. The van der Waals surface area contributed by atoms with Crippen molar-refractivity contribution in [1.82, 2.24) is 9.55 Å². The summed E-state index contributed by atoms with van der Waals surface area (Å²) in [5.74, 6) is -2.00. The first-order valence-corrected chi connectivity index (χ1v) is 14.8. The van der Waals surface area contributed by atoms with Crippen molar-refractivity contribution in [2.45, 2.75) is 53.5 Å². The van der Waals surface area contributed by atoms with Gasteiger partial charge in [-0.25, -0.2) is 22.4 Å². The highest BCUT2D eigenvalue weighted by Gasteiger charge is 2.23. The van der Waals surface area contributed by atoms with Crippen LogP contribution in [0.2, 0.25) is 0 Å². The van der Waals surface area contributed by atoms with Crippen molar-refractivity contribution in [1.29, 1.82) is 0 Å². The Kier molecular flexibility index (Phi) is 11.2. The van der Waals surface area contributed by atoms with E-state index in [0.29, 0.717) is 33.4 Å². The molecule has 0 saturated carbocycles. The zero-order valence-corrected chi connectivity index (χ0v) is 23.9. The van der Waals surface area contributed by atoms with Crippen LogP contribution >= 0.6 is 0 Å². The summed E-state index contributed by atoms with van der Waals surface area (Å²) in [6, 6.07) is 9.46. The zero-order valence-electron chi connectivity index (χ0n) is 23.1. The van der Waals surface area contributed by atoms with Crippen molar-refractivity contribution in [3.8, 4) is 11.1 Å². The van der Waals surface area contributed by atoms with Crippen molar-refractivity contribution in [3.63, 3.8) is 0 Å². The summed E-state index contributed by atoms with van der Waals surface area (Å²) in [7, 11) is -3.43. The summed E-state index contributed by atoms with van der Waals surface area (Å²) >= 11 is 0. The number of rotatable bonds is 8. The number of esters is 1. The lowest BCUT2D eigenvalue weighted by atomic mass is 9.99. The molecule has 0 fully saturated rings. The summed E-state index contributed by atoms with van der Waals surface area (Å²) in [6.45, 7) is 10.0. The Balaban J connectivity index is 0.00000127. The number of oxazole rings is 1. The van der Waals surface area contributed by atoms with Gasteiger partial charge in [0.2, 0.25) is 0 Å². The van der Waals surface area contributed by atoms with Crippen LogP contribution in [0.3, 0.4) is 0 Å². The van der Waals surface area contributed by atoms with E-state index in [1.165, 1.54) is 22.9 Å². The van der Waals surface area contributed by atoms with Crippen molar-refractivity contribution in [2.75, 3.05) is 12.9 Å². The van der Waals surface area contributed by atoms with E-state index in [2.05, 4.69) is 4.98 Å². The number of aromatic amines is 1. The molecule has 212 valence electrons. The second kappa shape index (κ2) is 13.9. The minimum Gasteiger partial charge on any atom is -0.461 e. The number of para-hydroxylation sites is 1. The minimum absolute atomic E-state index is 0.0319. The van der Waals surface area contributed by atoms with Gasteiger partial charge < -0.3 is 19.9 Å². The van der Waals surface area contributed by atoms with Gasteiger partial charge in [-0.05, 0) is 24.1 Å². The second-order valence-corrected chi connectivity index (χ2v) is 10.2. The van der Waals surface area contributed by atoms with Crippen LogP contribution in [0.25, 0.3) is 22.0 Å². The number of benzene rings is 2. The van der Waals surface area contributed by atoms with E-state index in [9.17, 15) is 22.4 Å². The summed E-state index contributed by atoms with van der Waals surface area (Å²) in [4.78, 5) is 28.1.